The lowest BCUT2D eigenvalue weighted by Crippen LogP contribution is -2.29. The number of fused-ring (bicyclic) bond motifs is 1. The van der Waals surface area contributed by atoms with Crippen LogP contribution in [0.4, 0.5) is 5.00 Å². The molecule has 1 aromatic heterocycles. The van der Waals surface area contributed by atoms with Crippen molar-refractivity contribution in [2.24, 2.45) is 11.8 Å². The Balaban J connectivity index is 1.68. The first kappa shape index (κ1) is 20.8. The minimum Gasteiger partial charge on any atom is -0.462 e. The number of amides is 2. The molecule has 1 saturated carbocycles. The fourth-order valence-corrected chi connectivity index (χ4v) is 6.29. The summed E-state index contributed by atoms with van der Waals surface area (Å²) in [6, 6.07) is 0. The highest BCUT2D eigenvalue weighted by Gasteiger charge is 2.38. The topological polar surface area (TPSA) is 119 Å². The van der Waals surface area contributed by atoms with Gasteiger partial charge in [0.15, 0.2) is 9.84 Å². The van der Waals surface area contributed by atoms with E-state index in [1.807, 2.05) is 6.92 Å². The van der Waals surface area contributed by atoms with Crippen LogP contribution in [0, 0.1) is 11.8 Å². The van der Waals surface area contributed by atoms with Crippen molar-refractivity contribution < 1.29 is 27.5 Å². The van der Waals surface area contributed by atoms with Crippen molar-refractivity contribution in [2.75, 3.05) is 24.2 Å². The van der Waals surface area contributed by atoms with E-state index in [-0.39, 0.29) is 60.8 Å². The van der Waals surface area contributed by atoms with Gasteiger partial charge in [0, 0.05) is 23.8 Å². The Bertz CT molecular complexity index is 905. The van der Waals surface area contributed by atoms with Crippen molar-refractivity contribution in [1.82, 2.24) is 5.32 Å². The van der Waals surface area contributed by atoms with Crippen molar-refractivity contribution in [3.63, 3.8) is 0 Å². The standard InChI is InChI=1S/C18H24N2O6S2/c1-3-26-18(23)15-11-5-7-28(24,25)9-13(11)27-17(15)20-14(21)4-6-19-16(22)12-8-10(12)2/h10,12H,3-9H2,1-2H3,(H,19,22)(H,20,21). The summed E-state index contributed by atoms with van der Waals surface area (Å²) in [5.74, 6) is -0.669. The fraction of sp³-hybridized carbons (Fsp3) is 0.611. The molecule has 0 saturated heterocycles. The fourth-order valence-electron chi connectivity index (χ4n) is 3.24. The van der Waals surface area contributed by atoms with E-state index in [0.717, 1.165) is 17.8 Å². The minimum absolute atomic E-state index is 0.0256. The summed E-state index contributed by atoms with van der Waals surface area (Å²) >= 11 is 1.10. The number of sulfone groups is 1. The second-order valence-corrected chi connectivity index (χ2v) is 10.5. The second kappa shape index (κ2) is 8.20. The van der Waals surface area contributed by atoms with Crippen LogP contribution in [0.25, 0.3) is 0 Å². The molecular formula is C18H24N2O6S2. The van der Waals surface area contributed by atoms with Crippen LogP contribution in [-0.4, -0.2) is 45.1 Å². The maximum atomic E-state index is 12.4. The third kappa shape index (κ3) is 4.72. The van der Waals surface area contributed by atoms with Crippen LogP contribution >= 0.6 is 11.3 Å². The number of nitrogens with one attached hydrogen (secondary N) is 2. The van der Waals surface area contributed by atoms with E-state index in [1.165, 1.54) is 0 Å². The monoisotopic (exact) mass is 428 g/mol. The maximum absolute atomic E-state index is 12.4. The zero-order valence-corrected chi connectivity index (χ0v) is 17.5. The largest absolute Gasteiger partial charge is 0.462 e. The summed E-state index contributed by atoms with van der Waals surface area (Å²) < 4.78 is 28.9. The molecule has 154 valence electrons. The predicted octanol–water partition coefficient (Wildman–Crippen LogP) is 1.50. The molecule has 10 heteroatoms. The SMILES string of the molecule is CCOC(=O)c1c(NC(=O)CCNC(=O)C2CC2C)sc2c1CCS(=O)(=O)C2. The van der Waals surface area contributed by atoms with E-state index >= 15 is 0 Å². The molecule has 0 radical (unpaired) electrons. The van der Waals surface area contributed by atoms with Gasteiger partial charge in [-0.3, -0.25) is 9.59 Å². The van der Waals surface area contributed by atoms with Gasteiger partial charge in [-0.05, 0) is 31.2 Å². The molecule has 8 nitrogen and oxygen atoms in total. The first-order valence-corrected chi connectivity index (χ1v) is 11.9. The summed E-state index contributed by atoms with van der Waals surface area (Å²) in [4.78, 5) is 37.1. The van der Waals surface area contributed by atoms with Gasteiger partial charge in [0.25, 0.3) is 0 Å². The van der Waals surface area contributed by atoms with Gasteiger partial charge in [-0.2, -0.15) is 0 Å². The Morgan fingerprint density at radius 3 is 2.64 bits per heavy atom. The van der Waals surface area contributed by atoms with Gasteiger partial charge in [-0.15, -0.1) is 11.3 Å². The summed E-state index contributed by atoms with van der Waals surface area (Å²) in [7, 11) is -3.20. The third-order valence-electron chi connectivity index (χ3n) is 4.93. The molecule has 1 aliphatic heterocycles. The van der Waals surface area contributed by atoms with Crippen LogP contribution in [0.1, 0.15) is 47.5 Å². The lowest BCUT2D eigenvalue weighted by atomic mass is 10.1. The molecule has 2 atom stereocenters. The molecule has 2 unspecified atom stereocenters. The van der Waals surface area contributed by atoms with Crippen LogP contribution in [-0.2, 0) is 36.3 Å². The number of ether oxygens (including phenoxy) is 1. The second-order valence-electron chi connectivity index (χ2n) is 7.18. The van der Waals surface area contributed by atoms with E-state index in [9.17, 15) is 22.8 Å². The average molecular weight is 429 g/mol. The zero-order chi connectivity index (χ0) is 20.5. The van der Waals surface area contributed by atoms with Crippen molar-refractivity contribution in [1.29, 1.82) is 0 Å². The lowest BCUT2D eigenvalue weighted by Gasteiger charge is -2.13. The highest BCUT2D eigenvalue weighted by atomic mass is 32.2. The number of rotatable bonds is 7. The Labute approximate surface area is 167 Å². The van der Waals surface area contributed by atoms with Crippen LogP contribution in [0.2, 0.25) is 0 Å². The van der Waals surface area contributed by atoms with Gasteiger partial charge in [-0.1, -0.05) is 6.92 Å². The van der Waals surface area contributed by atoms with Gasteiger partial charge < -0.3 is 15.4 Å². The molecule has 3 rings (SSSR count). The number of esters is 1. The van der Waals surface area contributed by atoms with Gasteiger partial charge in [0.1, 0.15) is 5.00 Å². The first-order chi connectivity index (χ1) is 13.2. The molecule has 0 aromatic carbocycles. The smallest absolute Gasteiger partial charge is 0.341 e. The molecule has 0 bridgehead atoms. The summed E-state index contributed by atoms with van der Waals surface area (Å²) in [6.07, 6.45) is 1.17. The molecule has 1 aromatic rings. The number of thiophene rings is 1. The Kier molecular flexibility index (Phi) is 6.09. The van der Waals surface area contributed by atoms with Crippen molar-refractivity contribution in [3.05, 3.63) is 16.0 Å². The van der Waals surface area contributed by atoms with Gasteiger partial charge in [-0.25, -0.2) is 13.2 Å². The molecular weight excluding hydrogens is 404 g/mol. The van der Waals surface area contributed by atoms with Crippen LogP contribution in [0.3, 0.4) is 0 Å². The predicted molar refractivity (Wildman–Crippen MR) is 105 cm³/mol. The Morgan fingerprint density at radius 1 is 1.29 bits per heavy atom. The number of anilines is 1. The van der Waals surface area contributed by atoms with Gasteiger partial charge in [0.05, 0.1) is 23.7 Å². The van der Waals surface area contributed by atoms with Gasteiger partial charge >= 0.3 is 5.97 Å². The molecule has 0 spiro atoms. The lowest BCUT2D eigenvalue weighted by molar-refractivity contribution is -0.122. The normalized spacial score (nSPS) is 22.1. The highest BCUT2D eigenvalue weighted by Crippen LogP contribution is 2.39. The molecule has 1 fully saturated rings. The molecule has 2 amide bonds. The Morgan fingerprint density at radius 2 is 2.00 bits per heavy atom. The van der Waals surface area contributed by atoms with Crippen molar-refractivity contribution in [2.45, 2.75) is 38.9 Å². The maximum Gasteiger partial charge on any atom is 0.341 e. The van der Waals surface area contributed by atoms with Crippen LogP contribution < -0.4 is 10.6 Å². The summed E-state index contributed by atoms with van der Waals surface area (Å²) in [5, 5.41) is 5.75. The Hall–Kier alpha value is -1.94. The summed E-state index contributed by atoms with van der Waals surface area (Å²) in [6.45, 7) is 4.08. The van der Waals surface area contributed by atoms with E-state index < -0.39 is 15.8 Å². The van der Waals surface area contributed by atoms with Crippen molar-refractivity contribution in [3.8, 4) is 0 Å². The zero-order valence-electron chi connectivity index (χ0n) is 15.9. The quantitative estimate of drug-likeness (QED) is 0.635. The van der Waals surface area contributed by atoms with Crippen LogP contribution in [0.5, 0.6) is 0 Å². The van der Waals surface area contributed by atoms with Crippen molar-refractivity contribution >= 4 is 44.0 Å². The number of hydrogen-bond donors (Lipinski definition) is 2. The molecule has 2 aliphatic rings. The molecule has 2 heterocycles. The van der Waals surface area contributed by atoms with E-state index in [0.29, 0.717) is 21.4 Å². The summed E-state index contributed by atoms with van der Waals surface area (Å²) in [5.41, 5.74) is 0.894. The van der Waals surface area contributed by atoms with E-state index in [1.54, 1.807) is 6.92 Å². The highest BCUT2D eigenvalue weighted by molar-refractivity contribution is 7.90. The molecule has 1 aliphatic carbocycles. The van der Waals surface area contributed by atoms with Gasteiger partial charge in [0.2, 0.25) is 11.8 Å². The number of hydrogen-bond acceptors (Lipinski definition) is 7. The van der Waals surface area contributed by atoms with E-state index in [4.69, 9.17) is 4.74 Å². The minimum atomic E-state index is -3.20. The number of carbonyl (C=O) groups is 3. The third-order valence-corrected chi connectivity index (χ3v) is 7.82. The number of carbonyl (C=O) groups excluding carboxylic acids is 3. The van der Waals surface area contributed by atoms with E-state index in [2.05, 4.69) is 10.6 Å². The molecule has 28 heavy (non-hydrogen) atoms. The average Bonchev–Trinajstić information content (AvgIpc) is 3.23. The first-order valence-electron chi connectivity index (χ1n) is 9.31. The molecule has 2 N–H and O–H groups in total. The van der Waals surface area contributed by atoms with Crippen LogP contribution in [0.15, 0.2) is 0 Å².